The zero-order valence-corrected chi connectivity index (χ0v) is 9.07. The van der Waals surface area contributed by atoms with E-state index in [0.717, 1.165) is 0 Å². The monoisotopic (exact) mass is 249 g/mol. The molecule has 2 nitrogen and oxygen atoms in total. The summed E-state index contributed by atoms with van der Waals surface area (Å²) in [5.74, 6) is -6.86. The van der Waals surface area contributed by atoms with Crippen LogP contribution in [-0.2, 0) is 0 Å². The Bertz CT molecular complexity index is 406. The number of nitrogens with one attached hydrogen (secondary N) is 1. The third-order valence-electron chi connectivity index (χ3n) is 2.86. The second kappa shape index (κ2) is 4.52. The average molecular weight is 249 g/mol. The van der Waals surface area contributed by atoms with E-state index < -0.39 is 35.1 Å². The van der Waals surface area contributed by atoms with Gasteiger partial charge in [0, 0.05) is 12.1 Å². The van der Waals surface area contributed by atoms with Crippen LogP contribution in [0.4, 0.5) is 17.6 Å². The fourth-order valence-electron chi connectivity index (χ4n) is 1.72. The Morgan fingerprint density at radius 3 is 2.12 bits per heavy atom. The highest BCUT2D eigenvalue weighted by molar-refractivity contribution is 5.29. The lowest BCUT2D eigenvalue weighted by atomic mass is 9.89. The number of halogens is 4. The van der Waals surface area contributed by atoms with E-state index >= 15 is 0 Å². The standard InChI is InChI=1S/C11H11F4NO/c1-16-5-2-6(3-5)17-11-9(14)7(12)4-8(13)10(11)15/h4-6,16H,2-3H2,1H3. The highest BCUT2D eigenvalue weighted by Crippen LogP contribution is 2.31. The van der Waals surface area contributed by atoms with Gasteiger partial charge in [0.15, 0.2) is 17.4 Å². The summed E-state index contributed by atoms with van der Waals surface area (Å²) in [4.78, 5) is 0. The zero-order valence-electron chi connectivity index (χ0n) is 9.07. The molecule has 1 fully saturated rings. The minimum absolute atomic E-state index is 0.161. The molecule has 2 rings (SSSR count). The normalized spacial score (nSPS) is 23.4. The third kappa shape index (κ3) is 2.22. The molecule has 0 atom stereocenters. The Kier molecular flexibility index (Phi) is 3.24. The SMILES string of the molecule is CNC1CC(Oc2c(F)c(F)cc(F)c2F)C1. The quantitative estimate of drug-likeness (QED) is 0.656. The first kappa shape index (κ1) is 12.2. The van der Waals surface area contributed by atoms with Gasteiger partial charge in [0.2, 0.25) is 11.6 Å². The highest BCUT2D eigenvalue weighted by Gasteiger charge is 2.32. The van der Waals surface area contributed by atoms with Crippen molar-refractivity contribution < 1.29 is 22.3 Å². The Morgan fingerprint density at radius 2 is 1.65 bits per heavy atom. The summed E-state index contributed by atoms with van der Waals surface area (Å²) in [7, 11) is 1.75. The predicted octanol–water partition coefficient (Wildman–Crippen LogP) is 2.37. The van der Waals surface area contributed by atoms with Crippen LogP contribution in [0, 0.1) is 23.3 Å². The molecule has 1 aliphatic rings. The Balaban J connectivity index is 2.16. The van der Waals surface area contributed by atoms with Crippen LogP contribution >= 0.6 is 0 Å². The van der Waals surface area contributed by atoms with Crippen LogP contribution in [-0.4, -0.2) is 19.2 Å². The summed E-state index contributed by atoms with van der Waals surface area (Å²) >= 11 is 0. The van der Waals surface area contributed by atoms with Gasteiger partial charge < -0.3 is 10.1 Å². The number of hydrogen-bond acceptors (Lipinski definition) is 2. The van der Waals surface area contributed by atoms with Crippen molar-refractivity contribution in [2.45, 2.75) is 25.0 Å². The van der Waals surface area contributed by atoms with Gasteiger partial charge in [-0.2, -0.15) is 8.78 Å². The van der Waals surface area contributed by atoms with Gasteiger partial charge in [-0.05, 0) is 19.9 Å². The van der Waals surface area contributed by atoms with Gasteiger partial charge in [-0.25, -0.2) is 8.78 Å². The molecular weight excluding hydrogens is 238 g/mol. The van der Waals surface area contributed by atoms with Gasteiger partial charge in [-0.1, -0.05) is 0 Å². The molecule has 1 aromatic rings. The number of ether oxygens (including phenoxy) is 1. The van der Waals surface area contributed by atoms with Crippen LogP contribution in [0.1, 0.15) is 12.8 Å². The van der Waals surface area contributed by atoms with E-state index in [-0.39, 0.29) is 12.1 Å². The molecule has 0 saturated heterocycles. The number of hydrogen-bond donors (Lipinski definition) is 1. The van der Waals surface area contributed by atoms with Crippen molar-refractivity contribution in [3.8, 4) is 5.75 Å². The topological polar surface area (TPSA) is 21.3 Å². The molecule has 1 N–H and O–H groups in total. The molecule has 1 saturated carbocycles. The van der Waals surface area contributed by atoms with Crippen LogP contribution in [0.5, 0.6) is 5.75 Å². The molecular formula is C11H11F4NO. The van der Waals surface area contributed by atoms with Crippen LogP contribution in [0.2, 0.25) is 0 Å². The number of benzene rings is 1. The first-order chi connectivity index (χ1) is 8.02. The maximum atomic E-state index is 13.2. The van der Waals surface area contributed by atoms with E-state index in [1.54, 1.807) is 7.05 Å². The Hall–Kier alpha value is -1.30. The summed E-state index contributed by atoms with van der Waals surface area (Å²) < 4.78 is 57.1. The second-order valence-corrected chi connectivity index (χ2v) is 3.99. The van der Waals surface area contributed by atoms with Crippen molar-refractivity contribution in [2.24, 2.45) is 0 Å². The first-order valence-electron chi connectivity index (χ1n) is 5.19. The molecule has 1 aliphatic carbocycles. The Morgan fingerprint density at radius 1 is 1.12 bits per heavy atom. The maximum absolute atomic E-state index is 13.2. The van der Waals surface area contributed by atoms with Crippen LogP contribution in [0.15, 0.2) is 6.07 Å². The van der Waals surface area contributed by atoms with Crippen molar-refractivity contribution in [1.29, 1.82) is 0 Å². The largest absolute Gasteiger partial charge is 0.484 e. The fraction of sp³-hybridized carbons (Fsp3) is 0.455. The van der Waals surface area contributed by atoms with Gasteiger partial charge in [0.1, 0.15) is 6.10 Å². The molecule has 6 heteroatoms. The van der Waals surface area contributed by atoms with Gasteiger partial charge in [0.25, 0.3) is 0 Å². The molecule has 1 aromatic carbocycles. The molecule has 0 amide bonds. The smallest absolute Gasteiger partial charge is 0.203 e. The van der Waals surface area contributed by atoms with E-state index in [9.17, 15) is 17.6 Å². The summed E-state index contributed by atoms with van der Waals surface area (Å²) in [5.41, 5.74) is 0. The maximum Gasteiger partial charge on any atom is 0.203 e. The minimum atomic E-state index is -1.49. The van der Waals surface area contributed by atoms with Crippen molar-refractivity contribution >= 4 is 0 Å². The molecule has 0 spiro atoms. The van der Waals surface area contributed by atoms with Crippen molar-refractivity contribution in [3.05, 3.63) is 29.3 Å². The van der Waals surface area contributed by atoms with Crippen molar-refractivity contribution in [1.82, 2.24) is 5.32 Å². The van der Waals surface area contributed by atoms with Crippen LogP contribution in [0.25, 0.3) is 0 Å². The van der Waals surface area contributed by atoms with E-state index in [0.29, 0.717) is 12.8 Å². The zero-order chi connectivity index (χ0) is 12.6. The fourth-order valence-corrected chi connectivity index (χ4v) is 1.72. The van der Waals surface area contributed by atoms with E-state index in [2.05, 4.69) is 5.32 Å². The molecule has 0 heterocycles. The molecule has 0 aromatic heterocycles. The van der Waals surface area contributed by atoms with E-state index in [1.165, 1.54) is 0 Å². The molecule has 17 heavy (non-hydrogen) atoms. The van der Waals surface area contributed by atoms with E-state index in [1.807, 2.05) is 0 Å². The summed E-state index contributed by atoms with van der Waals surface area (Å²) in [6.45, 7) is 0. The third-order valence-corrected chi connectivity index (χ3v) is 2.86. The average Bonchev–Trinajstić information content (AvgIpc) is 2.24. The molecule has 0 unspecified atom stereocenters. The van der Waals surface area contributed by atoms with Crippen molar-refractivity contribution in [2.75, 3.05) is 7.05 Å². The van der Waals surface area contributed by atoms with Crippen LogP contribution in [0.3, 0.4) is 0 Å². The Labute approximate surface area is 95.6 Å². The summed E-state index contributed by atoms with van der Waals surface area (Å²) in [5, 5.41) is 2.95. The molecule has 94 valence electrons. The molecule has 0 aliphatic heterocycles. The lowest BCUT2D eigenvalue weighted by molar-refractivity contribution is 0.0780. The summed E-state index contributed by atoms with van der Waals surface area (Å²) in [6.07, 6.45) is 0.679. The van der Waals surface area contributed by atoms with E-state index in [4.69, 9.17) is 4.74 Å². The molecule has 0 bridgehead atoms. The second-order valence-electron chi connectivity index (χ2n) is 3.99. The highest BCUT2D eigenvalue weighted by atomic mass is 19.2. The van der Waals surface area contributed by atoms with Gasteiger partial charge >= 0.3 is 0 Å². The van der Waals surface area contributed by atoms with Gasteiger partial charge in [-0.15, -0.1) is 0 Å². The lowest BCUT2D eigenvalue weighted by Crippen LogP contribution is -2.45. The first-order valence-corrected chi connectivity index (χ1v) is 5.19. The minimum Gasteiger partial charge on any atom is -0.484 e. The van der Waals surface area contributed by atoms with Gasteiger partial charge in [-0.3, -0.25) is 0 Å². The molecule has 0 radical (unpaired) electrons. The lowest BCUT2D eigenvalue weighted by Gasteiger charge is -2.35. The predicted molar refractivity (Wildman–Crippen MR) is 52.8 cm³/mol. The summed E-state index contributed by atoms with van der Waals surface area (Å²) in [6, 6.07) is 0.374. The van der Waals surface area contributed by atoms with Gasteiger partial charge in [0.05, 0.1) is 0 Å². The number of rotatable bonds is 3. The van der Waals surface area contributed by atoms with Crippen LogP contribution < -0.4 is 10.1 Å². The van der Waals surface area contributed by atoms with Crippen molar-refractivity contribution in [3.63, 3.8) is 0 Å².